The molecule has 158 valence electrons. The number of guanidine groups is 1. The van der Waals surface area contributed by atoms with E-state index in [9.17, 15) is 0 Å². The van der Waals surface area contributed by atoms with Gasteiger partial charge in [-0.1, -0.05) is 30.9 Å². The van der Waals surface area contributed by atoms with Gasteiger partial charge < -0.3 is 15.4 Å². The number of thiophene rings is 1. The Balaban J connectivity index is 0.00000300. The smallest absolute Gasteiger partial charge is 0.191 e. The van der Waals surface area contributed by atoms with E-state index in [0.29, 0.717) is 19.2 Å². The van der Waals surface area contributed by atoms with Crippen molar-refractivity contribution in [3.05, 3.63) is 64.9 Å². The Labute approximate surface area is 195 Å². The highest BCUT2D eigenvalue weighted by Crippen LogP contribution is 2.18. The molecule has 5 nitrogen and oxygen atoms in total. The van der Waals surface area contributed by atoms with Gasteiger partial charge in [0.15, 0.2) is 5.96 Å². The summed E-state index contributed by atoms with van der Waals surface area (Å²) in [5.74, 6) is 1.72. The maximum Gasteiger partial charge on any atom is 0.191 e. The largest absolute Gasteiger partial charge is 0.489 e. The van der Waals surface area contributed by atoms with Crippen LogP contribution in [-0.2, 0) is 13.1 Å². The second kappa shape index (κ2) is 12.9. The summed E-state index contributed by atoms with van der Waals surface area (Å²) in [4.78, 5) is 6.93. The van der Waals surface area contributed by atoms with Crippen LogP contribution in [0.4, 0.5) is 0 Å². The number of piperidine rings is 1. The van der Waals surface area contributed by atoms with Crippen molar-refractivity contribution < 1.29 is 4.74 Å². The quantitative estimate of drug-likeness (QED) is 0.234. The van der Waals surface area contributed by atoms with Crippen molar-refractivity contribution >= 4 is 41.3 Å². The van der Waals surface area contributed by atoms with E-state index in [1.165, 1.54) is 5.56 Å². The minimum Gasteiger partial charge on any atom is -0.489 e. The fourth-order valence-electron chi connectivity index (χ4n) is 3.38. The third-order valence-electron chi connectivity index (χ3n) is 4.91. The first-order valence-electron chi connectivity index (χ1n) is 9.80. The van der Waals surface area contributed by atoms with E-state index in [0.717, 1.165) is 49.7 Å². The Bertz CT molecular complexity index is 758. The Morgan fingerprint density at radius 3 is 2.79 bits per heavy atom. The average molecular weight is 526 g/mol. The van der Waals surface area contributed by atoms with E-state index >= 15 is 0 Å². The van der Waals surface area contributed by atoms with Crippen molar-refractivity contribution in [3.8, 4) is 5.75 Å². The Morgan fingerprint density at radius 1 is 1.31 bits per heavy atom. The summed E-state index contributed by atoms with van der Waals surface area (Å²) in [5.41, 5.74) is 2.53. The van der Waals surface area contributed by atoms with Gasteiger partial charge in [0.2, 0.25) is 0 Å². The summed E-state index contributed by atoms with van der Waals surface area (Å²) < 4.78 is 5.73. The van der Waals surface area contributed by atoms with Gasteiger partial charge in [-0.3, -0.25) is 9.89 Å². The third kappa shape index (κ3) is 7.64. The van der Waals surface area contributed by atoms with Crippen molar-refractivity contribution in [2.75, 3.05) is 26.7 Å². The maximum atomic E-state index is 5.73. The molecule has 1 aromatic heterocycles. The normalized spacial score (nSPS) is 15.4. The van der Waals surface area contributed by atoms with Crippen LogP contribution in [0.1, 0.15) is 24.0 Å². The SMILES string of the molecule is C=CCOc1ccccc1CNC(=NC)NC1CCN(Cc2ccsc2)CC1.I. The second-order valence-electron chi connectivity index (χ2n) is 6.96. The number of ether oxygens (including phenoxy) is 1. The number of rotatable bonds is 8. The van der Waals surface area contributed by atoms with E-state index in [1.54, 1.807) is 17.4 Å². The first-order valence-corrected chi connectivity index (χ1v) is 10.7. The van der Waals surface area contributed by atoms with Crippen LogP contribution in [0.2, 0.25) is 0 Å². The standard InChI is InChI=1S/C22H30N4OS.HI/c1-3-13-27-21-7-5-4-6-19(21)15-24-22(23-2)25-20-8-11-26(12-9-20)16-18-10-14-28-17-18;/h3-7,10,14,17,20H,1,8-9,11-13,15-16H2,2H3,(H2,23,24,25);1H. The van der Waals surface area contributed by atoms with Gasteiger partial charge in [0, 0.05) is 44.8 Å². The highest BCUT2D eigenvalue weighted by atomic mass is 127. The van der Waals surface area contributed by atoms with Crippen LogP contribution in [0.5, 0.6) is 5.75 Å². The molecular formula is C22H31IN4OS. The molecule has 0 saturated carbocycles. The Hall–Kier alpha value is -1.58. The van der Waals surface area contributed by atoms with Crippen molar-refractivity contribution in [1.82, 2.24) is 15.5 Å². The molecule has 0 spiro atoms. The van der Waals surface area contributed by atoms with Crippen molar-refractivity contribution in [2.45, 2.75) is 32.0 Å². The summed E-state index contributed by atoms with van der Waals surface area (Å²) in [6.45, 7) is 8.18. The lowest BCUT2D eigenvalue weighted by Crippen LogP contribution is -2.48. The highest BCUT2D eigenvalue weighted by Gasteiger charge is 2.20. The minimum absolute atomic E-state index is 0. The fraction of sp³-hybridized carbons (Fsp3) is 0.409. The van der Waals surface area contributed by atoms with E-state index in [-0.39, 0.29) is 24.0 Å². The molecule has 29 heavy (non-hydrogen) atoms. The first kappa shape index (κ1) is 23.7. The van der Waals surface area contributed by atoms with Gasteiger partial charge in [-0.05, 0) is 41.3 Å². The van der Waals surface area contributed by atoms with E-state index in [2.05, 4.69) is 50.0 Å². The molecule has 1 aromatic carbocycles. The van der Waals surface area contributed by atoms with Crippen molar-refractivity contribution in [2.24, 2.45) is 4.99 Å². The summed E-state index contributed by atoms with van der Waals surface area (Å²) in [5, 5.41) is 11.4. The lowest BCUT2D eigenvalue weighted by molar-refractivity contribution is 0.198. The van der Waals surface area contributed by atoms with Crippen LogP contribution in [0, 0.1) is 0 Å². The highest BCUT2D eigenvalue weighted by molar-refractivity contribution is 14.0. The topological polar surface area (TPSA) is 48.9 Å². The van der Waals surface area contributed by atoms with Crippen LogP contribution in [0.25, 0.3) is 0 Å². The molecule has 1 fully saturated rings. The molecule has 0 unspecified atom stereocenters. The first-order chi connectivity index (χ1) is 13.8. The summed E-state index contributed by atoms with van der Waals surface area (Å²) in [6.07, 6.45) is 4.02. The molecule has 1 aliphatic rings. The number of benzene rings is 1. The lowest BCUT2D eigenvalue weighted by Gasteiger charge is -2.33. The number of hydrogen-bond acceptors (Lipinski definition) is 4. The zero-order valence-corrected chi connectivity index (χ0v) is 20.1. The summed E-state index contributed by atoms with van der Waals surface area (Å²) in [6, 6.07) is 10.7. The predicted octanol–water partition coefficient (Wildman–Crippen LogP) is 4.26. The van der Waals surface area contributed by atoms with Gasteiger partial charge in [-0.15, -0.1) is 24.0 Å². The van der Waals surface area contributed by atoms with Crippen LogP contribution in [-0.4, -0.2) is 43.6 Å². The average Bonchev–Trinajstić information content (AvgIpc) is 3.24. The van der Waals surface area contributed by atoms with Crippen molar-refractivity contribution in [1.29, 1.82) is 0 Å². The number of nitrogens with one attached hydrogen (secondary N) is 2. The fourth-order valence-corrected chi connectivity index (χ4v) is 4.04. The minimum atomic E-state index is 0. The molecule has 2 aromatic rings. The van der Waals surface area contributed by atoms with Gasteiger partial charge in [0.05, 0.1) is 0 Å². The monoisotopic (exact) mass is 526 g/mol. The lowest BCUT2D eigenvalue weighted by atomic mass is 10.0. The molecule has 0 radical (unpaired) electrons. The Morgan fingerprint density at radius 2 is 2.10 bits per heavy atom. The second-order valence-corrected chi connectivity index (χ2v) is 7.74. The number of likely N-dealkylation sites (tertiary alicyclic amines) is 1. The molecule has 2 N–H and O–H groups in total. The molecule has 1 aliphatic heterocycles. The zero-order chi connectivity index (χ0) is 19.6. The number of hydrogen-bond donors (Lipinski definition) is 2. The molecule has 1 saturated heterocycles. The van der Waals surface area contributed by atoms with Gasteiger partial charge in [0.25, 0.3) is 0 Å². The van der Waals surface area contributed by atoms with E-state index in [1.807, 2.05) is 25.2 Å². The molecular weight excluding hydrogens is 495 g/mol. The van der Waals surface area contributed by atoms with Crippen LogP contribution in [0.15, 0.2) is 58.7 Å². The van der Waals surface area contributed by atoms with Gasteiger partial charge in [0.1, 0.15) is 12.4 Å². The van der Waals surface area contributed by atoms with Gasteiger partial charge >= 0.3 is 0 Å². The number of para-hydroxylation sites is 1. The van der Waals surface area contributed by atoms with E-state index in [4.69, 9.17) is 4.74 Å². The molecule has 2 heterocycles. The van der Waals surface area contributed by atoms with Gasteiger partial charge in [-0.2, -0.15) is 11.3 Å². The van der Waals surface area contributed by atoms with Crippen LogP contribution >= 0.6 is 35.3 Å². The van der Waals surface area contributed by atoms with Crippen LogP contribution < -0.4 is 15.4 Å². The summed E-state index contributed by atoms with van der Waals surface area (Å²) >= 11 is 1.77. The molecule has 3 rings (SSSR count). The Kier molecular flexibility index (Phi) is 10.5. The molecule has 0 bridgehead atoms. The van der Waals surface area contributed by atoms with E-state index < -0.39 is 0 Å². The van der Waals surface area contributed by atoms with Gasteiger partial charge in [-0.25, -0.2) is 0 Å². The molecule has 0 aliphatic carbocycles. The summed E-state index contributed by atoms with van der Waals surface area (Å²) in [7, 11) is 1.82. The predicted molar refractivity (Wildman–Crippen MR) is 134 cm³/mol. The maximum absolute atomic E-state index is 5.73. The third-order valence-corrected chi connectivity index (χ3v) is 5.65. The molecule has 7 heteroatoms. The van der Waals surface area contributed by atoms with Crippen LogP contribution in [0.3, 0.4) is 0 Å². The number of aliphatic imine (C=N–C) groups is 1. The molecule has 0 amide bonds. The molecule has 0 atom stereocenters. The van der Waals surface area contributed by atoms with Crippen molar-refractivity contribution in [3.63, 3.8) is 0 Å². The number of halogens is 1. The number of nitrogens with zero attached hydrogens (tertiary/aromatic N) is 2. The zero-order valence-electron chi connectivity index (χ0n) is 17.0.